The molecular formula is C23H32NO3PS. The highest BCUT2D eigenvalue weighted by molar-refractivity contribution is 7.95. The fraction of sp³-hybridized carbons (Fsp3) is 0.478. The van der Waals surface area contributed by atoms with Gasteiger partial charge in [0, 0.05) is 10.6 Å². The van der Waals surface area contributed by atoms with Gasteiger partial charge in [-0.1, -0.05) is 87.9 Å². The van der Waals surface area contributed by atoms with E-state index in [0.29, 0.717) is 17.8 Å². The maximum Gasteiger partial charge on any atom is 0.251 e. The average Bonchev–Trinajstić information content (AvgIpc) is 2.67. The second kappa shape index (κ2) is 9.16. The summed E-state index contributed by atoms with van der Waals surface area (Å²) in [6, 6.07) is 19.4. The number of benzene rings is 2. The first-order valence-corrected chi connectivity index (χ1v) is 13.9. The number of nitrogens with zero attached hydrogens (tertiary/aromatic N) is 1. The van der Waals surface area contributed by atoms with Gasteiger partial charge in [-0.05, 0) is 30.6 Å². The van der Waals surface area contributed by atoms with Gasteiger partial charge in [0.05, 0.1) is 12.4 Å². The molecule has 29 heavy (non-hydrogen) atoms. The molecule has 0 spiro atoms. The van der Waals surface area contributed by atoms with Crippen molar-refractivity contribution >= 4 is 27.9 Å². The summed E-state index contributed by atoms with van der Waals surface area (Å²) in [6.07, 6.45) is 4.38. The third-order valence-electron chi connectivity index (χ3n) is 5.72. The van der Waals surface area contributed by atoms with Crippen LogP contribution in [0.2, 0.25) is 0 Å². The Balaban J connectivity index is 2.23. The molecule has 0 N–H and O–H groups in total. The van der Waals surface area contributed by atoms with Crippen LogP contribution in [0, 0.1) is 17.8 Å². The summed E-state index contributed by atoms with van der Waals surface area (Å²) in [5.74, 6) is 1.42. The molecule has 0 radical (unpaired) electrons. The first-order chi connectivity index (χ1) is 13.7. The van der Waals surface area contributed by atoms with Gasteiger partial charge in [0.15, 0.2) is 7.28 Å². The van der Waals surface area contributed by atoms with E-state index in [1.165, 1.54) is 12.7 Å². The highest BCUT2D eigenvalue weighted by atomic mass is 32.2. The molecule has 1 aliphatic rings. The van der Waals surface area contributed by atoms with E-state index < -0.39 is 17.3 Å². The number of rotatable bonds is 6. The molecule has 1 aliphatic carbocycles. The van der Waals surface area contributed by atoms with Gasteiger partial charge in [0.1, 0.15) is 0 Å². The van der Waals surface area contributed by atoms with Crippen LogP contribution < -0.4 is 10.6 Å². The third-order valence-corrected chi connectivity index (χ3v) is 10.4. The van der Waals surface area contributed by atoms with Crippen molar-refractivity contribution in [3.63, 3.8) is 0 Å². The predicted octanol–water partition coefficient (Wildman–Crippen LogP) is 5.19. The molecule has 0 heterocycles. The van der Waals surface area contributed by atoms with E-state index in [9.17, 15) is 8.42 Å². The molecule has 6 heteroatoms. The summed E-state index contributed by atoms with van der Waals surface area (Å²) in [7, 11) is -6.59. The highest BCUT2D eigenvalue weighted by Gasteiger charge is 2.38. The van der Waals surface area contributed by atoms with Crippen LogP contribution in [-0.4, -0.2) is 20.8 Å². The first kappa shape index (κ1) is 22.3. The van der Waals surface area contributed by atoms with E-state index in [2.05, 4.69) is 24.9 Å². The van der Waals surface area contributed by atoms with Crippen LogP contribution in [0.25, 0.3) is 0 Å². The van der Waals surface area contributed by atoms with Gasteiger partial charge in [0.25, 0.3) is 10.0 Å². The van der Waals surface area contributed by atoms with Gasteiger partial charge in [-0.3, -0.25) is 0 Å². The summed E-state index contributed by atoms with van der Waals surface area (Å²) in [5, 5.41) is 1.69. The largest absolute Gasteiger partial charge is 0.333 e. The summed E-state index contributed by atoms with van der Waals surface area (Å²) >= 11 is 0. The molecule has 3 rings (SSSR count). The lowest BCUT2D eigenvalue weighted by Gasteiger charge is -2.40. The Labute approximate surface area is 175 Å². The SMILES string of the molecule is CC(C)[C@@H]1CC[C@@H](C)C[C@H]1OP(=NS(C)(=O)=O)(c1ccccc1)c1ccccc1. The van der Waals surface area contributed by atoms with Crippen LogP contribution in [0.3, 0.4) is 0 Å². The molecule has 3 atom stereocenters. The van der Waals surface area contributed by atoms with Crippen LogP contribution in [0.15, 0.2) is 64.8 Å². The van der Waals surface area contributed by atoms with Crippen molar-refractivity contribution < 1.29 is 12.9 Å². The molecule has 2 aromatic rings. The fourth-order valence-corrected chi connectivity index (χ4v) is 9.19. The minimum atomic E-state index is -3.63. The van der Waals surface area contributed by atoms with Crippen molar-refractivity contribution in [3.05, 3.63) is 60.7 Å². The predicted molar refractivity (Wildman–Crippen MR) is 123 cm³/mol. The molecule has 0 aliphatic heterocycles. The van der Waals surface area contributed by atoms with Gasteiger partial charge >= 0.3 is 0 Å². The summed E-state index contributed by atoms with van der Waals surface area (Å²) in [5.41, 5.74) is 0. The monoisotopic (exact) mass is 433 g/mol. The Hall–Kier alpha value is -1.42. The van der Waals surface area contributed by atoms with E-state index in [-0.39, 0.29) is 6.10 Å². The second-order valence-electron chi connectivity index (χ2n) is 8.53. The lowest BCUT2D eigenvalue weighted by molar-refractivity contribution is 0.0560. The summed E-state index contributed by atoms with van der Waals surface area (Å²) in [6.45, 7) is 6.72. The highest BCUT2D eigenvalue weighted by Crippen LogP contribution is 2.53. The maximum atomic E-state index is 12.5. The molecule has 4 nitrogen and oxygen atoms in total. The second-order valence-corrected chi connectivity index (χ2v) is 13.0. The molecule has 158 valence electrons. The summed E-state index contributed by atoms with van der Waals surface area (Å²) in [4.78, 5) is 0. The normalized spacial score (nSPS) is 23.1. The van der Waals surface area contributed by atoms with E-state index in [4.69, 9.17) is 4.52 Å². The van der Waals surface area contributed by atoms with Gasteiger partial charge < -0.3 is 4.52 Å². The molecule has 1 saturated carbocycles. The smallest absolute Gasteiger partial charge is 0.251 e. The van der Waals surface area contributed by atoms with E-state index in [1.54, 1.807) is 0 Å². The molecule has 0 amide bonds. The molecule has 2 aromatic carbocycles. The van der Waals surface area contributed by atoms with Crippen molar-refractivity contribution in [2.75, 3.05) is 6.26 Å². The zero-order chi connectivity index (χ0) is 21.1. The minimum absolute atomic E-state index is 0.0157. The van der Waals surface area contributed by atoms with Gasteiger partial charge in [-0.25, -0.2) is 8.42 Å². The molecule has 0 bridgehead atoms. The topological polar surface area (TPSA) is 55.7 Å². The Kier molecular flexibility index (Phi) is 7.03. The maximum absolute atomic E-state index is 12.5. The summed E-state index contributed by atoms with van der Waals surface area (Å²) < 4.78 is 36.4. The van der Waals surface area contributed by atoms with Gasteiger partial charge in [0.2, 0.25) is 0 Å². The number of sulfonamides is 1. The number of hydrogen-bond donors (Lipinski definition) is 0. The molecular weight excluding hydrogens is 401 g/mol. The Morgan fingerprint density at radius 2 is 1.48 bits per heavy atom. The van der Waals surface area contributed by atoms with E-state index in [1.807, 2.05) is 60.7 Å². The van der Waals surface area contributed by atoms with Crippen molar-refractivity contribution in [3.8, 4) is 0 Å². The average molecular weight is 434 g/mol. The molecule has 1 fully saturated rings. The van der Waals surface area contributed by atoms with Crippen molar-refractivity contribution in [1.29, 1.82) is 0 Å². The van der Waals surface area contributed by atoms with Crippen LogP contribution in [0.1, 0.15) is 40.0 Å². The standard InChI is InChI=1S/C23H32NO3PS/c1-18(2)22-16-15-19(3)17-23(22)27-28(24-29(4,25)26,20-11-7-5-8-12-20)21-13-9-6-10-14-21/h5-14,18-19,22-23H,15-17H2,1-4H3/t19-,22+,23-/m1/s1. The quantitative estimate of drug-likeness (QED) is 0.589. The van der Waals surface area contributed by atoms with Crippen LogP contribution in [0.5, 0.6) is 0 Å². The van der Waals surface area contributed by atoms with Crippen molar-refractivity contribution in [2.24, 2.45) is 21.9 Å². The van der Waals surface area contributed by atoms with Gasteiger partial charge in [-0.15, -0.1) is 4.15 Å². The van der Waals surface area contributed by atoms with E-state index in [0.717, 1.165) is 23.5 Å². The van der Waals surface area contributed by atoms with Gasteiger partial charge in [-0.2, -0.15) is 0 Å². The first-order valence-electron chi connectivity index (χ1n) is 10.3. The van der Waals surface area contributed by atoms with Crippen molar-refractivity contribution in [2.45, 2.75) is 46.1 Å². The van der Waals surface area contributed by atoms with Crippen LogP contribution >= 0.6 is 7.28 Å². The lowest BCUT2D eigenvalue weighted by Crippen LogP contribution is -2.36. The minimum Gasteiger partial charge on any atom is -0.333 e. The third kappa shape index (κ3) is 5.39. The molecule has 0 unspecified atom stereocenters. The zero-order valence-corrected chi connectivity index (χ0v) is 19.4. The Morgan fingerprint density at radius 3 is 1.93 bits per heavy atom. The molecule has 0 saturated heterocycles. The number of hydrogen-bond acceptors (Lipinski definition) is 3. The van der Waals surface area contributed by atoms with E-state index >= 15 is 0 Å². The fourth-order valence-electron chi connectivity index (χ4n) is 4.29. The Bertz CT molecular complexity index is 915. The lowest BCUT2D eigenvalue weighted by atomic mass is 9.75. The van der Waals surface area contributed by atoms with Crippen molar-refractivity contribution in [1.82, 2.24) is 0 Å². The zero-order valence-electron chi connectivity index (χ0n) is 17.7. The van der Waals surface area contributed by atoms with Crippen LogP contribution in [-0.2, 0) is 14.5 Å². The Morgan fingerprint density at radius 1 is 0.966 bits per heavy atom. The molecule has 0 aromatic heterocycles. The van der Waals surface area contributed by atoms with Crippen LogP contribution in [0.4, 0.5) is 0 Å².